The summed E-state index contributed by atoms with van der Waals surface area (Å²) in [6.07, 6.45) is -0.347. The standard InChI is InChI=1S/C23H20Cl2O7S/c1-30-8-9-31-18-10-15(12-23(26)27)11-20(13-18)33(28,29)19-5-2-16(3-6-19)32-17-4-7-21(24)22(25)14-17/h2-7,10-11,13-14H,8-9,12H2,1H3,(H,26,27). The Bertz CT molecular complexity index is 1240. The highest BCUT2D eigenvalue weighted by molar-refractivity contribution is 7.91. The second-order valence-corrected chi connectivity index (χ2v) is 9.64. The van der Waals surface area contributed by atoms with Gasteiger partial charge in [-0.15, -0.1) is 0 Å². The van der Waals surface area contributed by atoms with Crippen LogP contribution in [0.3, 0.4) is 0 Å². The smallest absolute Gasteiger partial charge is 0.307 e. The fourth-order valence-corrected chi connectivity index (χ4v) is 4.52. The van der Waals surface area contributed by atoms with Crippen LogP contribution in [-0.2, 0) is 25.8 Å². The fourth-order valence-electron chi connectivity index (χ4n) is 2.89. The molecular weight excluding hydrogens is 491 g/mol. The van der Waals surface area contributed by atoms with Crippen LogP contribution in [0, 0.1) is 0 Å². The number of aliphatic carboxylic acids is 1. The highest BCUT2D eigenvalue weighted by Gasteiger charge is 2.20. The number of benzene rings is 3. The van der Waals surface area contributed by atoms with Crippen LogP contribution in [-0.4, -0.2) is 39.8 Å². The number of sulfone groups is 1. The van der Waals surface area contributed by atoms with Crippen LogP contribution in [0.2, 0.25) is 10.0 Å². The zero-order valence-corrected chi connectivity index (χ0v) is 19.8. The van der Waals surface area contributed by atoms with E-state index in [1.807, 2.05) is 0 Å². The van der Waals surface area contributed by atoms with Crippen LogP contribution >= 0.6 is 23.2 Å². The largest absolute Gasteiger partial charge is 0.491 e. The van der Waals surface area contributed by atoms with Crippen molar-refractivity contribution in [3.8, 4) is 17.2 Å². The van der Waals surface area contributed by atoms with E-state index in [9.17, 15) is 13.2 Å². The third-order valence-electron chi connectivity index (χ3n) is 4.42. The lowest BCUT2D eigenvalue weighted by atomic mass is 10.1. The number of carboxylic acids is 1. The van der Waals surface area contributed by atoms with Crippen molar-refractivity contribution in [2.24, 2.45) is 0 Å². The van der Waals surface area contributed by atoms with Crippen molar-refractivity contribution < 1.29 is 32.5 Å². The Hall–Kier alpha value is -2.78. The summed E-state index contributed by atoms with van der Waals surface area (Å²) in [7, 11) is -2.44. The van der Waals surface area contributed by atoms with E-state index in [1.54, 1.807) is 18.2 Å². The summed E-state index contributed by atoms with van der Waals surface area (Å²) in [5.41, 5.74) is 0.301. The number of methoxy groups -OCH3 is 1. The molecule has 0 aliphatic carbocycles. The quantitative estimate of drug-likeness (QED) is 0.370. The molecule has 0 bridgehead atoms. The molecule has 0 radical (unpaired) electrons. The Labute approximate surface area is 201 Å². The van der Waals surface area contributed by atoms with Gasteiger partial charge < -0.3 is 19.3 Å². The Morgan fingerprint density at radius 2 is 1.55 bits per heavy atom. The molecule has 7 nitrogen and oxygen atoms in total. The predicted octanol–water partition coefficient (Wildman–Crippen LogP) is 5.27. The summed E-state index contributed by atoms with van der Waals surface area (Å²) in [6.45, 7) is 0.485. The molecule has 0 heterocycles. The first-order valence-corrected chi connectivity index (χ1v) is 11.9. The van der Waals surface area contributed by atoms with Crippen LogP contribution in [0.15, 0.2) is 70.5 Å². The number of ether oxygens (including phenoxy) is 3. The monoisotopic (exact) mass is 510 g/mol. The minimum Gasteiger partial charge on any atom is -0.491 e. The summed E-state index contributed by atoms with van der Waals surface area (Å²) < 4.78 is 42.5. The van der Waals surface area contributed by atoms with E-state index < -0.39 is 15.8 Å². The number of halogens is 2. The number of carbonyl (C=O) groups is 1. The van der Waals surface area contributed by atoms with E-state index in [0.29, 0.717) is 33.7 Å². The van der Waals surface area contributed by atoms with Gasteiger partial charge in [0, 0.05) is 13.2 Å². The van der Waals surface area contributed by atoms with Gasteiger partial charge in [0.25, 0.3) is 0 Å². The third-order valence-corrected chi connectivity index (χ3v) is 6.91. The first-order valence-electron chi connectivity index (χ1n) is 9.64. The van der Waals surface area contributed by atoms with Gasteiger partial charge in [-0.2, -0.15) is 0 Å². The Morgan fingerprint density at radius 1 is 0.848 bits per heavy atom. The molecule has 0 amide bonds. The molecule has 0 saturated heterocycles. The lowest BCUT2D eigenvalue weighted by Gasteiger charge is -2.12. The van der Waals surface area contributed by atoms with Crippen LogP contribution < -0.4 is 9.47 Å². The zero-order chi connectivity index (χ0) is 24.0. The molecule has 0 aromatic heterocycles. The molecule has 0 aliphatic heterocycles. The number of rotatable bonds is 10. The Balaban J connectivity index is 1.87. The summed E-state index contributed by atoms with van der Waals surface area (Å²) in [4.78, 5) is 11.1. The Morgan fingerprint density at radius 3 is 2.18 bits per heavy atom. The minimum atomic E-state index is -3.95. The molecule has 1 N–H and O–H groups in total. The molecule has 3 rings (SSSR count). The van der Waals surface area contributed by atoms with Crippen molar-refractivity contribution in [3.05, 3.63) is 76.3 Å². The van der Waals surface area contributed by atoms with E-state index in [1.165, 1.54) is 49.6 Å². The highest BCUT2D eigenvalue weighted by Crippen LogP contribution is 2.31. The number of hydrogen-bond acceptors (Lipinski definition) is 6. The average molecular weight is 511 g/mol. The van der Waals surface area contributed by atoms with Crippen molar-refractivity contribution in [2.75, 3.05) is 20.3 Å². The fraction of sp³-hybridized carbons (Fsp3) is 0.174. The topological polar surface area (TPSA) is 99.1 Å². The molecule has 0 fully saturated rings. The molecule has 3 aromatic rings. The van der Waals surface area contributed by atoms with Gasteiger partial charge in [-0.3, -0.25) is 4.79 Å². The summed E-state index contributed by atoms with van der Waals surface area (Å²) in [5, 5.41) is 9.85. The van der Waals surface area contributed by atoms with Gasteiger partial charge in [0.15, 0.2) is 0 Å². The molecule has 3 aromatic carbocycles. The molecular formula is C23H20Cl2O7S. The maximum atomic E-state index is 13.2. The van der Waals surface area contributed by atoms with Gasteiger partial charge in [-0.05, 0) is 60.2 Å². The van der Waals surface area contributed by atoms with E-state index in [4.69, 9.17) is 42.5 Å². The summed E-state index contributed by atoms with van der Waals surface area (Å²) in [6, 6.07) is 14.8. The van der Waals surface area contributed by atoms with Crippen LogP contribution in [0.5, 0.6) is 17.2 Å². The zero-order valence-electron chi connectivity index (χ0n) is 17.5. The second-order valence-electron chi connectivity index (χ2n) is 6.88. The summed E-state index contributed by atoms with van der Waals surface area (Å²) in [5.74, 6) is -0.00470. The van der Waals surface area contributed by atoms with Gasteiger partial charge >= 0.3 is 5.97 Å². The van der Waals surface area contributed by atoms with E-state index >= 15 is 0 Å². The molecule has 0 spiro atoms. The predicted molar refractivity (Wildman–Crippen MR) is 124 cm³/mol. The lowest BCUT2D eigenvalue weighted by molar-refractivity contribution is -0.136. The summed E-state index contributed by atoms with van der Waals surface area (Å²) >= 11 is 11.9. The molecule has 0 saturated carbocycles. The maximum Gasteiger partial charge on any atom is 0.307 e. The SMILES string of the molecule is COCCOc1cc(CC(=O)O)cc(S(=O)(=O)c2ccc(Oc3ccc(Cl)c(Cl)c3)cc2)c1. The van der Waals surface area contributed by atoms with E-state index in [0.717, 1.165) is 0 Å². The molecule has 0 unspecified atom stereocenters. The van der Waals surface area contributed by atoms with Crippen LogP contribution in [0.25, 0.3) is 0 Å². The molecule has 0 atom stereocenters. The number of carboxylic acid groups (broad SMARTS) is 1. The average Bonchev–Trinajstić information content (AvgIpc) is 2.76. The van der Waals surface area contributed by atoms with Gasteiger partial charge in [-0.1, -0.05) is 23.2 Å². The Kier molecular flexibility index (Phi) is 8.20. The normalized spacial score (nSPS) is 11.2. The molecule has 10 heteroatoms. The van der Waals surface area contributed by atoms with Gasteiger partial charge in [-0.25, -0.2) is 8.42 Å². The van der Waals surface area contributed by atoms with Gasteiger partial charge in [0.05, 0.1) is 32.9 Å². The van der Waals surface area contributed by atoms with Crippen molar-refractivity contribution in [3.63, 3.8) is 0 Å². The third kappa shape index (κ3) is 6.61. The van der Waals surface area contributed by atoms with Crippen LogP contribution in [0.1, 0.15) is 5.56 Å². The first-order chi connectivity index (χ1) is 15.7. The van der Waals surface area contributed by atoms with Gasteiger partial charge in [0.1, 0.15) is 23.9 Å². The van der Waals surface area contributed by atoms with Crippen LogP contribution in [0.4, 0.5) is 0 Å². The van der Waals surface area contributed by atoms with E-state index in [2.05, 4.69) is 0 Å². The molecule has 0 aliphatic rings. The second kappa shape index (κ2) is 10.9. The van der Waals surface area contributed by atoms with Crippen molar-refractivity contribution >= 4 is 39.0 Å². The van der Waals surface area contributed by atoms with Crippen molar-refractivity contribution in [1.82, 2.24) is 0 Å². The number of hydrogen-bond donors (Lipinski definition) is 1. The molecule has 33 heavy (non-hydrogen) atoms. The minimum absolute atomic E-state index is 0.0132. The lowest BCUT2D eigenvalue weighted by Crippen LogP contribution is -2.08. The van der Waals surface area contributed by atoms with Crippen molar-refractivity contribution in [2.45, 2.75) is 16.2 Å². The first kappa shape index (κ1) is 24.9. The maximum absolute atomic E-state index is 13.2. The van der Waals surface area contributed by atoms with Gasteiger partial charge in [0.2, 0.25) is 9.84 Å². The highest BCUT2D eigenvalue weighted by atomic mass is 35.5. The van der Waals surface area contributed by atoms with E-state index in [-0.39, 0.29) is 28.6 Å². The molecule has 174 valence electrons. The van der Waals surface area contributed by atoms with Crippen molar-refractivity contribution in [1.29, 1.82) is 0 Å².